The molecule has 3 rings (SSSR count). The van der Waals surface area contributed by atoms with Gasteiger partial charge in [-0.25, -0.2) is 4.79 Å². The molecule has 6 heteroatoms. The lowest BCUT2D eigenvalue weighted by atomic mass is 10.0. The van der Waals surface area contributed by atoms with Crippen LogP contribution in [0.25, 0.3) is 0 Å². The van der Waals surface area contributed by atoms with Crippen molar-refractivity contribution in [3.05, 3.63) is 94.3 Å². The highest BCUT2D eigenvalue weighted by atomic mass is 19.4. The summed E-state index contributed by atoms with van der Waals surface area (Å²) in [6.45, 7) is 4.33. The third kappa shape index (κ3) is 4.88. The average molecular weight is 401 g/mol. The Morgan fingerprint density at radius 2 is 1.72 bits per heavy atom. The number of carbonyl (C=O) groups is 1. The van der Waals surface area contributed by atoms with E-state index in [9.17, 15) is 18.0 Å². The second-order valence-electron chi connectivity index (χ2n) is 6.82. The highest BCUT2D eigenvalue weighted by molar-refractivity contribution is 5.92. The predicted molar refractivity (Wildman–Crippen MR) is 105 cm³/mol. The third-order valence-corrected chi connectivity index (χ3v) is 4.75. The number of hydrogen-bond donors (Lipinski definition) is 0. The number of halogens is 3. The van der Waals surface area contributed by atoms with Crippen molar-refractivity contribution in [3.8, 4) is 0 Å². The molecule has 3 nitrogen and oxygen atoms in total. The molecule has 2 aromatic carbocycles. The van der Waals surface area contributed by atoms with Gasteiger partial charge in [-0.3, -0.25) is 0 Å². The van der Waals surface area contributed by atoms with E-state index in [-0.39, 0.29) is 13.0 Å². The Balaban J connectivity index is 1.98. The fourth-order valence-corrected chi connectivity index (χ4v) is 3.36. The van der Waals surface area contributed by atoms with E-state index >= 15 is 0 Å². The molecule has 1 heterocycles. The molecule has 0 aliphatic rings. The molecule has 152 valence electrons. The van der Waals surface area contributed by atoms with Crippen LogP contribution in [0.2, 0.25) is 0 Å². The highest BCUT2D eigenvalue weighted by Gasteiger charge is 2.30. The Morgan fingerprint density at radius 3 is 2.38 bits per heavy atom. The van der Waals surface area contributed by atoms with Crippen LogP contribution in [-0.4, -0.2) is 17.1 Å². The minimum atomic E-state index is -4.41. The Morgan fingerprint density at radius 1 is 1.03 bits per heavy atom. The molecule has 0 amide bonds. The van der Waals surface area contributed by atoms with Crippen molar-refractivity contribution in [1.82, 2.24) is 4.57 Å². The first-order valence-corrected chi connectivity index (χ1v) is 9.35. The molecule has 0 bridgehead atoms. The number of hydrogen-bond acceptors (Lipinski definition) is 2. The molecular formula is C23H22F3NO2. The first kappa shape index (κ1) is 20.7. The molecule has 0 aliphatic heterocycles. The van der Waals surface area contributed by atoms with Gasteiger partial charge in [-0.05, 0) is 43.0 Å². The second-order valence-corrected chi connectivity index (χ2v) is 6.82. The zero-order chi connectivity index (χ0) is 21.0. The molecule has 0 atom stereocenters. The summed E-state index contributed by atoms with van der Waals surface area (Å²) in [6, 6.07) is 14.9. The maximum Gasteiger partial charge on any atom is 0.416 e. The number of carbonyl (C=O) groups excluding carboxylic acids is 1. The zero-order valence-electron chi connectivity index (χ0n) is 16.3. The molecule has 29 heavy (non-hydrogen) atoms. The fraction of sp³-hybridized carbons (Fsp3) is 0.261. The summed E-state index contributed by atoms with van der Waals surface area (Å²) < 4.78 is 46.3. The predicted octanol–water partition coefficient (Wildman–Crippen LogP) is 5.63. The molecule has 0 N–H and O–H groups in total. The molecule has 3 aromatic rings. The molecule has 0 saturated heterocycles. The zero-order valence-corrected chi connectivity index (χ0v) is 16.3. The molecule has 0 saturated carbocycles. The summed E-state index contributed by atoms with van der Waals surface area (Å²) >= 11 is 0. The van der Waals surface area contributed by atoms with Crippen LogP contribution in [0.1, 0.15) is 45.2 Å². The molecule has 0 unspecified atom stereocenters. The first-order valence-electron chi connectivity index (χ1n) is 9.35. The molecule has 0 aliphatic carbocycles. The van der Waals surface area contributed by atoms with E-state index in [1.165, 1.54) is 6.07 Å². The lowest BCUT2D eigenvalue weighted by Crippen LogP contribution is -2.10. The molecule has 1 aromatic heterocycles. The standard InChI is InChI=1S/C23H22F3NO2/c1-3-29-22(28)21-16(2)27(14-17-8-5-4-6-9-17)15-19(21)12-18-10-7-11-20(13-18)23(24,25)26/h4-11,13,15H,3,12,14H2,1-2H3. The van der Waals surface area contributed by atoms with Gasteiger partial charge in [0.05, 0.1) is 17.7 Å². The fourth-order valence-electron chi connectivity index (χ4n) is 3.36. The van der Waals surface area contributed by atoms with E-state index in [0.717, 1.165) is 23.4 Å². The topological polar surface area (TPSA) is 31.2 Å². The molecule has 0 spiro atoms. The summed E-state index contributed by atoms with van der Waals surface area (Å²) in [7, 11) is 0. The average Bonchev–Trinajstić information content (AvgIpc) is 2.97. The maximum atomic E-state index is 13.0. The van der Waals surface area contributed by atoms with E-state index in [1.54, 1.807) is 13.0 Å². The van der Waals surface area contributed by atoms with E-state index in [0.29, 0.717) is 23.2 Å². The molecular weight excluding hydrogens is 379 g/mol. The second kappa shape index (κ2) is 8.55. The van der Waals surface area contributed by atoms with Crippen LogP contribution in [0.4, 0.5) is 13.2 Å². The lowest BCUT2D eigenvalue weighted by molar-refractivity contribution is -0.137. The lowest BCUT2D eigenvalue weighted by Gasteiger charge is -2.09. The van der Waals surface area contributed by atoms with E-state index in [4.69, 9.17) is 4.74 Å². The van der Waals surface area contributed by atoms with Crippen molar-refractivity contribution in [2.45, 2.75) is 33.0 Å². The van der Waals surface area contributed by atoms with Gasteiger partial charge >= 0.3 is 12.1 Å². The maximum absolute atomic E-state index is 13.0. The van der Waals surface area contributed by atoms with Gasteiger partial charge in [0.25, 0.3) is 0 Å². The van der Waals surface area contributed by atoms with Crippen LogP contribution < -0.4 is 0 Å². The SMILES string of the molecule is CCOC(=O)c1c(Cc2cccc(C(F)(F)F)c2)cn(Cc2ccccc2)c1C. The number of esters is 1. The summed E-state index contributed by atoms with van der Waals surface area (Å²) in [5, 5.41) is 0. The summed E-state index contributed by atoms with van der Waals surface area (Å²) in [6.07, 6.45) is -2.37. The van der Waals surface area contributed by atoms with Crippen molar-refractivity contribution in [1.29, 1.82) is 0 Å². The summed E-state index contributed by atoms with van der Waals surface area (Å²) in [5.41, 5.74) is 2.65. The Hall–Kier alpha value is -3.02. The van der Waals surface area contributed by atoms with Gasteiger partial charge in [-0.1, -0.05) is 48.5 Å². The van der Waals surface area contributed by atoms with Gasteiger partial charge in [-0.2, -0.15) is 13.2 Å². The minimum absolute atomic E-state index is 0.209. The van der Waals surface area contributed by atoms with Crippen molar-refractivity contribution < 1.29 is 22.7 Å². The number of nitrogens with zero attached hydrogens (tertiary/aromatic N) is 1. The third-order valence-electron chi connectivity index (χ3n) is 4.75. The van der Waals surface area contributed by atoms with Crippen LogP contribution >= 0.6 is 0 Å². The number of ether oxygens (including phenoxy) is 1. The van der Waals surface area contributed by atoms with E-state index < -0.39 is 17.7 Å². The van der Waals surface area contributed by atoms with Crippen molar-refractivity contribution >= 4 is 5.97 Å². The van der Waals surface area contributed by atoms with E-state index in [2.05, 4.69) is 0 Å². The first-order chi connectivity index (χ1) is 13.8. The Labute approximate surface area is 167 Å². The number of rotatable bonds is 6. The van der Waals surface area contributed by atoms with Gasteiger partial charge in [-0.15, -0.1) is 0 Å². The van der Waals surface area contributed by atoms with Crippen molar-refractivity contribution in [2.75, 3.05) is 6.61 Å². The highest BCUT2D eigenvalue weighted by Crippen LogP contribution is 2.30. The van der Waals surface area contributed by atoms with Gasteiger partial charge in [0, 0.05) is 18.4 Å². The van der Waals surface area contributed by atoms with Gasteiger partial charge in [0.15, 0.2) is 0 Å². The van der Waals surface area contributed by atoms with Crippen LogP contribution in [0.5, 0.6) is 0 Å². The quantitative estimate of drug-likeness (QED) is 0.501. The molecule has 0 radical (unpaired) electrons. The minimum Gasteiger partial charge on any atom is -0.462 e. The number of benzene rings is 2. The smallest absolute Gasteiger partial charge is 0.416 e. The summed E-state index contributed by atoms with van der Waals surface area (Å²) in [4.78, 5) is 12.6. The Kier molecular flexibility index (Phi) is 6.11. The van der Waals surface area contributed by atoms with Gasteiger partial charge < -0.3 is 9.30 Å². The normalized spacial score (nSPS) is 11.5. The van der Waals surface area contributed by atoms with Crippen molar-refractivity contribution in [2.24, 2.45) is 0 Å². The van der Waals surface area contributed by atoms with Crippen molar-refractivity contribution in [3.63, 3.8) is 0 Å². The Bertz CT molecular complexity index is 991. The van der Waals surface area contributed by atoms with Gasteiger partial charge in [0.2, 0.25) is 0 Å². The monoisotopic (exact) mass is 401 g/mol. The summed E-state index contributed by atoms with van der Waals surface area (Å²) in [5.74, 6) is -0.459. The van der Waals surface area contributed by atoms with Crippen LogP contribution in [-0.2, 0) is 23.9 Å². The number of alkyl halides is 3. The largest absolute Gasteiger partial charge is 0.462 e. The number of aromatic nitrogens is 1. The van der Waals surface area contributed by atoms with Crippen LogP contribution in [0, 0.1) is 6.92 Å². The van der Waals surface area contributed by atoms with E-state index in [1.807, 2.05) is 48.0 Å². The van der Waals surface area contributed by atoms with Crippen LogP contribution in [0.15, 0.2) is 60.8 Å². The van der Waals surface area contributed by atoms with Crippen LogP contribution in [0.3, 0.4) is 0 Å². The van der Waals surface area contributed by atoms with Gasteiger partial charge in [0.1, 0.15) is 0 Å². The molecule has 0 fully saturated rings.